The summed E-state index contributed by atoms with van der Waals surface area (Å²) < 4.78 is 1.63. The van der Waals surface area contributed by atoms with Crippen LogP contribution in [0.15, 0.2) is 36.4 Å². The van der Waals surface area contributed by atoms with Gasteiger partial charge < -0.3 is 14.9 Å². The third kappa shape index (κ3) is 4.29. The number of hydrogen-bond acceptors (Lipinski definition) is 4. The van der Waals surface area contributed by atoms with E-state index in [1.807, 2.05) is 50.2 Å². The van der Waals surface area contributed by atoms with Crippen molar-refractivity contribution in [3.63, 3.8) is 0 Å². The van der Waals surface area contributed by atoms with Crippen LogP contribution in [0.1, 0.15) is 17.0 Å². The predicted octanol–water partition coefficient (Wildman–Crippen LogP) is 0.732. The van der Waals surface area contributed by atoms with E-state index in [9.17, 15) is 14.7 Å². The van der Waals surface area contributed by atoms with Crippen LogP contribution in [0.3, 0.4) is 0 Å². The number of aliphatic hydroxyl groups excluding tert-OH is 1. The van der Waals surface area contributed by atoms with Gasteiger partial charge in [0.05, 0.1) is 18.3 Å². The van der Waals surface area contributed by atoms with Crippen molar-refractivity contribution < 1.29 is 14.7 Å². The fourth-order valence-corrected chi connectivity index (χ4v) is 3.21. The van der Waals surface area contributed by atoms with Gasteiger partial charge in [0.15, 0.2) is 0 Å². The molecular weight excluding hydrogens is 332 g/mol. The van der Waals surface area contributed by atoms with Crippen molar-refractivity contribution in [1.29, 1.82) is 0 Å². The quantitative estimate of drug-likeness (QED) is 0.876. The first-order chi connectivity index (χ1) is 12.4. The zero-order valence-corrected chi connectivity index (χ0v) is 15.1. The molecule has 2 heterocycles. The second kappa shape index (κ2) is 7.70. The van der Waals surface area contributed by atoms with Gasteiger partial charge in [-0.05, 0) is 25.5 Å². The molecule has 0 radical (unpaired) electrons. The number of rotatable bonds is 4. The maximum absolute atomic E-state index is 12.6. The highest BCUT2D eigenvalue weighted by Crippen LogP contribution is 2.12. The van der Waals surface area contributed by atoms with Crippen LogP contribution in [-0.4, -0.2) is 62.2 Å². The number of carbonyl (C=O) groups is 2. The van der Waals surface area contributed by atoms with E-state index in [2.05, 4.69) is 5.10 Å². The number of nitrogens with zero attached hydrogens (tertiary/aromatic N) is 4. The minimum absolute atomic E-state index is 0.0258. The number of amides is 2. The highest BCUT2D eigenvalue weighted by atomic mass is 16.3. The Morgan fingerprint density at radius 3 is 2.62 bits per heavy atom. The van der Waals surface area contributed by atoms with Gasteiger partial charge in [-0.1, -0.05) is 30.3 Å². The molecule has 0 spiro atoms. The lowest BCUT2D eigenvalue weighted by molar-refractivity contribution is -0.139. The lowest BCUT2D eigenvalue weighted by Gasteiger charge is -2.22. The zero-order chi connectivity index (χ0) is 18.7. The van der Waals surface area contributed by atoms with Crippen LogP contribution in [-0.2, 0) is 22.7 Å². The second-order valence-electron chi connectivity index (χ2n) is 6.77. The molecule has 1 aliphatic rings. The molecule has 1 fully saturated rings. The van der Waals surface area contributed by atoms with Crippen LogP contribution in [0.25, 0.3) is 0 Å². The molecule has 1 atom stereocenters. The maximum Gasteiger partial charge on any atom is 0.244 e. The number of aryl methyl sites for hydroxylation is 2. The van der Waals surface area contributed by atoms with Crippen molar-refractivity contribution in [2.45, 2.75) is 33.0 Å². The average molecular weight is 356 g/mol. The van der Waals surface area contributed by atoms with Gasteiger partial charge in [0, 0.05) is 25.3 Å². The molecule has 0 aliphatic carbocycles. The fourth-order valence-electron chi connectivity index (χ4n) is 3.21. The Morgan fingerprint density at radius 2 is 1.96 bits per heavy atom. The van der Waals surface area contributed by atoms with Gasteiger partial charge in [0.2, 0.25) is 11.8 Å². The minimum Gasteiger partial charge on any atom is -0.389 e. The molecule has 2 aromatic rings. The number of carbonyl (C=O) groups excluding carboxylic acids is 2. The highest BCUT2D eigenvalue weighted by molar-refractivity contribution is 5.85. The van der Waals surface area contributed by atoms with Crippen molar-refractivity contribution in [3.8, 4) is 0 Å². The monoisotopic (exact) mass is 356 g/mol. The molecule has 138 valence electrons. The Kier molecular flexibility index (Phi) is 5.37. The molecule has 1 aromatic heterocycles. The summed E-state index contributed by atoms with van der Waals surface area (Å²) in [5.74, 6) is -0.378. The largest absolute Gasteiger partial charge is 0.389 e. The van der Waals surface area contributed by atoms with Crippen molar-refractivity contribution in [3.05, 3.63) is 53.3 Å². The first-order valence-electron chi connectivity index (χ1n) is 8.71. The lowest BCUT2D eigenvalue weighted by atomic mass is 10.2. The normalized spacial score (nSPS) is 18.1. The number of β-amino-alcohol motifs (C(OH)–C–C–N with tert-alkyl or cyclic N) is 1. The standard InChI is InChI=1S/C19H24N4O3/c1-14-8-15(2)23(20-14)13-19(26)22-11-17(24)10-21(18(25)12-22)9-16-6-4-3-5-7-16/h3-8,17,24H,9-13H2,1-2H3. The van der Waals surface area contributed by atoms with Crippen LogP contribution < -0.4 is 0 Å². The Hall–Kier alpha value is -2.67. The molecule has 1 aliphatic heterocycles. The molecule has 0 bridgehead atoms. The average Bonchev–Trinajstić information content (AvgIpc) is 2.83. The molecule has 1 unspecified atom stereocenters. The first-order valence-corrected chi connectivity index (χ1v) is 8.71. The SMILES string of the molecule is Cc1cc(C)n(CC(=O)N2CC(=O)N(Cc3ccccc3)CC(O)C2)n1. The van der Waals surface area contributed by atoms with Crippen LogP contribution in [0, 0.1) is 13.8 Å². The molecule has 2 amide bonds. The van der Waals surface area contributed by atoms with Gasteiger partial charge in [-0.2, -0.15) is 5.10 Å². The summed E-state index contributed by atoms with van der Waals surface area (Å²) in [4.78, 5) is 28.3. The maximum atomic E-state index is 12.6. The third-order valence-corrected chi connectivity index (χ3v) is 4.50. The van der Waals surface area contributed by atoms with Gasteiger partial charge in [-0.15, -0.1) is 0 Å². The zero-order valence-electron chi connectivity index (χ0n) is 15.1. The molecule has 1 aromatic carbocycles. The summed E-state index contributed by atoms with van der Waals surface area (Å²) in [5, 5.41) is 14.6. The van der Waals surface area contributed by atoms with Crippen molar-refractivity contribution >= 4 is 11.8 Å². The molecule has 7 heteroatoms. The third-order valence-electron chi connectivity index (χ3n) is 4.50. The molecule has 3 rings (SSSR count). The number of aliphatic hydroxyl groups is 1. The van der Waals surface area contributed by atoms with Crippen molar-refractivity contribution in [1.82, 2.24) is 19.6 Å². The highest BCUT2D eigenvalue weighted by Gasteiger charge is 2.29. The number of benzene rings is 1. The molecule has 1 saturated heterocycles. The Balaban J connectivity index is 1.68. The Labute approximate surface area is 152 Å². The molecule has 7 nitrogen and oxygen atoms in total. The second-order valence-corrected chi connectivity index (χ2v) is 6.77. The van der Waals surface area contributed by atoms with Crippen LogP contribution >= 0.6 is 0 Å². The van der Waals surface area contributed by atoms with E-state index < -0.39 is 6.10 Å². The topological polar surface area (TPSA) is 78.7 Å². The number of aromatic nitrogens is 2. The minimum atomic E-state index is -0.769. The molecule has 26 heavy (non-hydrogen) atoms. The van der Waals surface area contributed by atoms with E-state index in [-0.39, 0.29) is 38.0 Å². The van der Waals surface area contributed by atoms with Gasteiger partial charge >= 0.3 is 0 Å². The van der Waals surface area contributed by atoms with Crippen LogP contribution in [0.4, 0.5) is 0 Å². The van der Waals surface area contributed by atoms with Crippen LogP contribution in [0.5, 0.6) is 0 Å². The van der Waals surface area contributed by atoms with Crippen molar-refractivity contribution in [2.75, 3.05) is 19.6 Å². The smallest absolute Gasteiger partial charge is 0.244 e. The van der Waals surface area contributed by atoms with Gasteiger partial charge in [0.1, 0.15) is 6.54 Å². The van der Waals surface area contributed by atoms with E-state index in [1.165, 1.54) is 4.90 Å². The summed E-state index contributed by atoms with van der Waals surface area (Å²) in [5.41, 5.74) is 2.73. The van der Waals surface area contributed by atoms with E-state index >= 15 is 0 Å². The summed E-state index contributed by atoms with van der Waals surface area (Å²) in [6.45, 7) is 4.59. The molecular formula is C19H24N4O3. The van der Waals surface area contributed by atoms with E-state index in [0.29, 0.717) is 6.54 Å². The Bertz CT molecular complexity index is 787. The summed E-state index contributed by atoms with van der Waals surface area (Å²) in [6, 6.07) is 11.5. The Morgan fingerprint density at radius 1 is 1.23 bits per heavy atom. The first kappa shape index (κ1) is 18.1. The van der Waals surface area contributed by atoms with Gasteiger partial charge in [0.25, 0.3) is 0 Å². The summed E-state index contributed by atoms with van der Waals surface area (Å²) >= 11 is 0. The van der Waals surface area contributed by atoms with Crippen molar-refractivity contribution in [2.24, 2.45) is 0 Å². The van der Waals surface area contributed by atoms with Gasteiger partial charge in [-0.3, -0.25) is 14.3 Å². The van der Waals surface area contributed by atoms with E-state index in [1.54, 1.807) is 9.58 Å². The van der Waals surface area contributed by atoms with E-state index in [4.69, 9.17) is 0 Å². The van der Waals surface area contributed by atoms with Crippen LogP contribution in [0.2, 0.25) is 0 Å². The predicted molar refractivity (Wildman–Crippen MR) is 96.1 cm³/mol. The lowest BCUT2D eigenvalue weighted by Crippen LogP contribution is -2.41. The van der Waals surface area contributed by atoms with Gasteiger partial charge in [-0.25, -0.2) is 0 Å². The summed E-state index contributed by atoms with van der Waals surface area (Å²) in [6.07, 6.45) is -0.769. The number of hydrogen-bond donors (Lipinski definition) is 1. The van der Waals surface area contributed by atoms with E-state index in [0.717, 1.165) is 17.0 Å². The fraction of sp³-hybridized carbons (Fsp3) is 0.421. The molecule has 1 N–H and O–H groups in total. The molecule has 0 saturated carbocycles. The summed E-state index contributed by atoms with van der Waals surface area (Å²) in [7, 11) is 0.